The summed E-state index contributed by atoms with van der Waals surface area (Å²) in [6.45, 7) is 7.13. The van der Waals surface area contributed by atoms with Crippen LogP contribution in [0.15, 0.2) is 30.3 Å². The lowest BCUT2D eigenvalue weighted by molar-refractivity contribution is -0.146. The van der Waals surface area contributed by atoms with E-state index in [1.54, 1.807) is 32.9 Å². The summed E-state index contributed by atoms with van der Waals surface area (Å²) in [4.78, 5) is 23.5. The minimum atomic E-state index is -1.05. The van der Waals surface area contributed by atoms with E-state index in [0.29, 0.717) is 12.2 Å². The maximum absolute atomic E-state index is 12.2. The van der Waals surface area contributed by atoms with Crippen LogP contribution in [0.3, 0.4) is 0 Å². The lowest BCUT2D eigenvalue weighted by Crippen LogP contribution is -2.52. The van der Waals surface area contributed by atoms with Crippen molar-refractivity contribution < 1.29 is 19.4 Å². The average molecular weight is 293 g/mol. The van der Waals surface area contributed by atoms with E-state index in [-0.39, 0.29) is 0 Å². The highest BCUT2D eigenvalue weighted by atomic mass is 16.5. The molecule has 0 radical (unpaired) electrons. The van der Waals surface area contributed by atoms with Crippen LogP contribution in [-0.2, 0) is 9.59 Å². The number of carboxylic acid groups (broad SMARTS) is 1. The van der Waals surface area contributed by atoms with Crippen LogP contribution < -0.4 is 10.1 Å². The van der Waals surface area contributed by atoms with Crippen molar-refractivity contribution in [2.24, 2.45) is 5.41 Å². The molecule has 0 aromatic heterocycles. The predicted molar refractivity (Wildman–Crippen MR) is 80.2 cm³/mol. The minimum absolute atomic E-state index is 0.413. The van der Waals surface area contributed by atoms with Crippen molar-refractivity contribution >= 4 is 11.9 Å². The van der Waals surface area contributed by atoms with Crippen LogP contribution in [0.4, 0.5) is 0 Å². The number of hydrogen-bond donors (Lipinski definition) is 2. The first-order valence-electron chi connectivity index (χ1n) is 7.00. The van der Waals surface area contributed by atoms with E-state index in [4.69, 9.17) is 4.74 Å². The molecule has 0 spiro atoms. The number of carbonyl (C=O) groups is 2. The number of amides is 1. The molecule has 5 heteroatoms. The fraction of sp³-hybridized carbons (Fsp3) is 0.500. The van der Waals surface area contributed by atoms with E-state index < -0.39 is 29.4 Å². The van der Waals surface area contributed by atoms with Gasteiger partial charge in [-0.2, -0.15) is 0 Å². The first kappa shape index (κ1) is 17.0. The van der Waals surface area contributed by atoms with Crippen LogP contribution in [0, 0.1) is 5.41 Å². The standard InChI is InChI=1S/C16H23NO4/c1-5-12(21-11-9-7-6-8-10-11)14(18)17-13(15(19)20)16(2,3)4/h6-10,12-13H,5H2,1-4H3,(H,17,18)(H,19,20)/t12?,13-/m1/s1. The van der Waals surface area contributed by atoms with E-state index in [2.05, 4.69) is 5.32 Å². The van der Waals surface area contributed by atoms with Crippen molar-refractivity contribution in [1.82, 2.24) is 5.32 Å². The number of benzene rings is 1. The molecule has 0 saturated heterocycles. The molecular weight excluding hydrogens is 270 g/mol. The van der Waals surface area contributed by atoms with Crippen molar-refractivity contribution in [2.75, 3.05) is 0 Å². The fourth-order valence-corrected chi connectivity index (χ4v) is 1.87. The lowest BCUT2D eigenvalue weighted by Gasteiger charge is -2.29. The Morgan fingerprint density at radius 1 is 1.24 bits per heavy atom. The first-order chi connectivity index (χ1) is 9.75. The molecule has 0 aliphatic heterocycles. The Morgan fingerprint density at radius 3 is 2.24 bits per heavy atom. The molecule has 2 atom stereocenters. The minimum Gasteiger partial charge on any atom is -0.481 e. The average Bonchev–Trinajstić information content (AvgIpc) is 2.41. The largest absolute Gasteiger partial charge is 0.481 e. The Kier molecular flexibility index (Phi) is 5.76. The molecule has 21 heavy (non-hydrogen) atoms. The van der Waals surface area contributed by atoms with Gasteiger partial charge in [0.1, 0.15) is 11.8 Å². The zero-order valence-electron chi connectivity index (χ0n) is 12.9. The van der Waals surface area contributed by atoms with Crippen molar-refractivity contribution in [3.63, 3.8) is 0 Å². The van der Waals surface area contributed by atoms with Gasteiger partial charge < -0.3 is 15.2 Å². The van der Waals surface area contributed by atoms with E-state index in [1.807, 2.05) is 25.1 Å². The van der Waals surface area contributed by atoms with Gasteiger partial charge in [0, 0.05) is 0 Å². The van der Waals surface area contributed by atoms with Crippen LogP contribution in [0.2, 0.25) is 0 Å². The highest BCUT2D eigenvalue weighted by Gasteiger charge is 2.34. The molecule has 1 aromatic rings. The summed E-state index contributed by atoms with van der Waals surface area (Å²) in [5.74, 6) is -0.878. The molecular formula is C16H23NO4. The SMILES string of the molecule is CCC(Oc1ccccc1)C(=O)N[C@H](C(=O)O)C(C)(C)C. The first-order valence-corrected chi connectivity index (χ1v) is 7.00. The normalized spacial score (nSPS) is 14.1. The van der Waals surface area contributed by atoms with Gasteiger partial charge >= 0.3 is 5.97 Å². The van der Waals surface area contributed by atoms with Gasteiger partial charge in [-0.3, -0.25) is 4.79 Å². The van der Waals surface area contributed by atoms with Crippen LogP contribution in [0.25, 0.3) is 0 Å². The molecule has 2 N–H and O–H groups in total. The molecule has 1 rings (SSSR count). The second kappa shape index (κ2) is 7.11. The van der Waals surface area contributed by atoms with Gasteiger partial charge in [-0.15, -0.1) is 0 Å². The fourth-order valence-electron chi connectivity index (χ4n) is 1.87. The molecule has 0 aliphatic rings. The Bertz CT molecular complexity index is 479. The Labute approximate surface area is 125 Å². The van der Waals surface area contributed by atoms with Crippen LogP contribution in [0.1, 0.15) is 34.1 Å². The van der Waals surface area contributed by atoms with Crippen molar-refractivity contribution in [1.29, 1.82) is 0 Å². The van der Waals surface area contributed by atoms with Gasteiger partial charge in [-0.25, -0.2) is 4.79 Å². The molecule has 116 valence electrons. The predicted octanol–water partition coefficient (Wildman–Crippen LogP) is 2.46. The summed E-state index contributed by atoms with van der Waals surface area (Å²) in [6, 6.07) is 8.04. The number of aliphatic carboxylic acids is 1. The summed E-state index contributed by atoms with van der Waals surface area (Å²) in [6.07, 6.45) is -0.256. The second-order valence-corrected chi connectivity index (χ2v) is 5.97. The van der Waals surface area contributed by atoms with Crippen molar-refractivity contribution in [3.8, 4) is 5.75 Å². The van der Waals surface area contributed by atoms with Gasteiger partial charge in [-0.05, 0) is 24.0 Å². The zero-order valence-corrected chi connectivity index (χ0v) is 12.9. The number of rotatable bonds is 6. The summed E-state index contributed by atoms with van der Waals surface area (Å²) in [5.41, 5.74) is -0.577. The quantitative estimate of drug-likeness (QED) is 0.844. The smallest absolute Gasteiger partial charge is 0.326 e. The number of ether oxygens (including phenoxy) is 1. The summed E-state index contributed by atoms with van der Waals surface area (Å²) >= 11 is 0. The number of nitrogens with one attached hydrogen (secondary N) is 1. The van der Waals surface area contributed by atoms with Crippen LogP contribution in [0.5, 0.6) is 5.75 Å². The lowest BCUT2D eigenvalue weighted by atomic mass is 9.86. The van der Waals surface area contributed by atoms with Crippen molar-refractivity contribution in [2.45, 2.75) is 46.3 Å². The maximum atomic E-state index is 12.2. The third-order valence-corrected chi connectivity index (χ3v) is 3.08. The molecule has 1 aromatic carbocycles. The van der Waals surface area contributed by atoms with E-state index >= 15 is 0 Å². The van der Waals surface area contributed by atoms with Gasteiger partial charge in [0.2, 0.25) is 0 Å². The molecule has 0 heterocycles. The molecule has 5 nitrogen and oxygen atoms in total. The third kappa shape index (κ3) is 5.10. The molecule has 0 fully saturated rings. The van der Waals surface area contributed by atoms with Gasteiger partial charge in [0.25, 0.3) is 5.91 Å². The number of carboxylic acids is 1. The van der Waals surface area contributed by atoms with E-state index in [0.717, 1.165) is 0 Å². The maximum Gasteiger partial charge on any atom is 0.326 e. The van der Waals surface area contributed by atoms with Gasteiger partial charge in [0.15, 0.2) is 6.10 Å². The van der Waals surface area contributed by atoms with Gasteiger partial charge in [-0.1, -0.05) is 45.9 Å². The summed E-state index contributed by atoms with van der Waals surface area (Å²) in [5, 5.41) is 11.8. The number of hydrogen-bond acceptors (Lipinski definition) is 3. The van der Waals surface area contributed by atoms with Crippen LogP contribution >= 0.6 is 0 Å². The zero-order chi connectivity index (χ0) is 16.0. The van der Waals surface area contributed by atoms with E-state index in [9.17, 15) is 14.7 Å². The Morgan fingerprint density at radius 2 is 1.81 bits per heavy atom. The highest BCUT2D eigenvalue weighted by Crippen LogP contribution is 2.20. The monoisotopic (exact) mass is 293 g/mol. The van der Waals surface area contributed by atoms with Crippen LogP contribution in [-0.4, -0.2) is 29.1 Å². The van der Waals surface area contributed by atoms with E-state index in [1.165, 1.54) is 0 Å². The molecule has 1 amide bonds. The molecule has 0 bridgehead atoms. The Hall–Kier alpha value is -2.04. The molecule has 1 unspecified atom stereocenters. The number of para-hydroxylation sites is 1. The second-order valence-electron chi connectivity index (χ2n) is 5.97. The highest BCUT2D eigenvalue weighted by molar-refractivity contribution is 5.86. The third-order valence-electron chi connectivity index (χ3n) is 3.08. The summed E-state index contributed by atoms with van der Waals surface area (Å²) in [7, 11) is 0. The Balaban J connectivity index is 2.77. The topological polar surface area (TPSA) is 75.6 Å². The summed E-state index contributed by atoms with van der Waals surface area (Å²) < 4.78 is 5.61. The molecule has 0 aliphatic carbocycles. The van der Waals surface area contributed by atoms with Gasteiger partial charge in [0.05, 0.1) is 0 Å². The number of carbonyl (C=O) groups excluding carboxylic acids is 1. The van der Waals surface area contributed by atoms with Crippen molar-refractivity contribution in [3.05, 3.63) is 30.3 Å². The molecule has 0 saturated carbocycles.